The Morgan fingerprint density at radius 2 is 1.31 bits per heavy atom. The Morgan fingerprint density at radius 3 is 1.90 bits per heavy atom. The van der Waals surface area contributed by atoms with Gasteiger partial charge in [0, 0.05) is 44.7 Å². The summed E-state index contributed by atoms with van der Waals surface area (Å²) < 4.78 is 56.7. The number of carbonyl (C=O) groups is 5. The van der Waals surface area contributed by atoms with Gasteiger partial charge in [-0.05, 0) is 76.3 Å². The van der Waals surface area contributed by atoms with Crippen LogP contribution in [0, 0.1) is 5.82 Å². The van der Waals surface area contributed by atoms with E-state index in [-0.39, 0.29) is 30.0 Å². The lowest BCUT2D eigenvalue weighted by atomic mass is 9.88. The molecule has 2 aliphatic rings. The first-order chi connectivity index (χ1) is 34.2. The van der Waals surface area contributed by atoms with E-state index >= 15 is 0 Å². The number of benzene rings is 5. The summed E-state index contributed by atoms with van der Waals surface area (Å²) in [6, 6.07) is 38.5. The Hall–Kier alpha value is -6.33. The maximum Gasteiger partial charge on any atom is 0.303 e. The van der Waals surface area contributed by atoms with Gasteiger partial charge in [0.2, 0.25) is 5.91 Å². The molecule has 1 unspecified atom stereocenters. The number of carbonyl (C=O) groups excluding carboxylic acids is 5. The first-order valence-corrected chi connectivity index (χ1v) is 27.8. The summed E-state index contributed by atoms with van der Waals surface area (Å²) in [5, 5.41) is -0.625. The summed E-state index contributed by atoms with van der Waals surface area (Å²) in [7, 11) is -2.33. The van der Waals surface area contributed by atoms with Gasteiger partial charge in [0.25, 0.3) is 0 Å². The summed E-state index contributed by atoms with van der Waals surface area (Å²) in [5.41, 5.74) is 5.42. The van der Waals surface area contributed by atoms with E-state index < -0.39 is 80.1 Å². The molecule has 2 heterocycles. The molecule has 2 fully saturated rings. The molecule has 1 amide bonds. The molecule has 0 aliphatic carbocycles. The number of esters is 4. The van der Waals surface area contributed by atoms with Crippen LogP contribution in [0.4, 0.5) is 10.1 Å². The number of halogens is 1. The standard InChI is InChI=1S/C56H62FNO12SSi/c1-34(59)64-32-47-51(66-35(2)60)53(68-37(4)62)52(67-36(3)61)50(69-47)41-22-20-39(21-23-41)42-26-29-45(46(30-42)65-31-38-16-12-10-13-17-38)49-54(55(63)58(49)44-18-14-11-15-19-44)71-33-48(40-24-27-43(57)28-25-40)70-72(8,9)56(5,6)7/h10-30,47-54H,31-33H2,1-9H3/t47-,48+,49-,50?,51-,52+,53+,54-/m1/s1. The van der Waals surface area contributed by atoms with Gasteiger partial charge in [-0.2, -0.15) is 0 Å². The maximum atomic E-state index is 14.5. The summed E-state index contributed by atoms with van der Waals surface area (Å²) in [5.74, 6) is -2.14. The van der Waals surface area contributed by atoms with Crippen LogP contribution in [-0.4, -0.2) is 80.1 Å². The predicted octanol–water partition coefficient (Wildman–Crippen LogP) is 10.8. The zero-order valence-corrected chi connectivity index (χ0v) is 43.8. The third kappa shape index (κ3) is 12.8. The van der Waals surface area contributed by atoms with Crippen LogP contribution in [0.2, 0.25) is 18.1 Å². The Kier molecular flexibility index (Phi) is 17.1. The van der Waals surface area contributed by atoms with Crippen molar-refractivity contribution in [1.82, 2.24) is 0 Å². The largest absolute Gasteiger partial charge is 0.489 e. The molecule has 0 N–H and O–H groups in total. The third-order valence-corrected chi connectivity index (χ3v) is 18.9. The number of hydrogen-bond donors (Lipinski definition) is 0. The minimum Gasteiger partial charge on any atom is -0.489 e. The van der Waals surface area contributed by atoms with Crippen molar-refractivity contribution in [2.45, 2.75) is 121 Å². The average molecular weight is 1020 g/mol. The monoisotopic (exact) mass is 1020 g/mol. The Labute approximate surface area is 425 Å². The first-order valence-electron chi connectivity index (χ1n) is 23.8. The van der Waals surface area contributed by atoms with Crippen LogP contribution in [0.1, 0.15) is 89.0 Å². The van der Waals surface area contributed by atoms with E-state index in [1.807, 2.05) is 95.9 Å². The first kappa shape index (κ1) is 53.5. The van der Waals surface area contributed by atoms with Crippen LogP contribution in [-0.2, 0) is 58.7 Å². The molecule has 380 valence electrons. The van der Waals surface area contributed by atoms with Gasteiger partial charge in [-0.15, -0.1) is 11.8 Å². The van der Waals surface area contributed by atoms with Crippen LogP contribution >= 0.6 is 11.8 Å². The second-order valence-corrected chi connectivity index (χ2v) is 25.4. The highest BCUT2D eigenvalue weighted by atomic mass is 32.2. The van der Waals surface area contributed by atoms with Gasteiger partial charge in [-0.1, -0.05) is 118 Å². The molecule has 5 aromatic carbocycles. The van der Waals surface area contributed by atoms with Gasteiger partial charge in [-0.25, -0.2) is 4.39 Å². The van der Waals surface area contributed by atoms with E-state index in [1.54, 1.807) is 24.3 Å². The third-order valence-electron chi connectivity index (χ3n) is 13.1. The number of amides is 1. The van der Waals surface area contributed by atoms with Crippen LogP contribution in [0.3, 0.4) is 0 Å². The van der Waals surface area contributed by atoms with E-state index in [9.17, 15) is 28.4 Å². The molecule has 5 aromatic rings. The number of thioether (sulfide) groups is 1. The molecule has 0 bridgehead atoms. The smallest absolute Gasteiger partial charge is 0.303 e. The zero-order chi connectivity index (χ0) is 51.9. The molecule has 2 aliphatic heterocycles. The Balaban J connectivity index is 1.25. The van der Waals surface area contributed by atoms with Crippen molar-refractivity contribution in [1.29, 1.82) is 0 Å². The molecule has 2 saturated heterocycles. The highest BCUT2D eigenvalue weighted by Crippen LogP contribution is 2.50. The average Bonchev–Trinajstić information content (AvgIpc) is 3.33. The molecule has 72 heavy (non-hydrogen) atoms. The fourth-order valence-electron chi connectivity index (χ4n) is 8.58. The molecular formula is C56H62FNO12SSi. The van der Waals surface area contributed by atoms with Crippen LogP contribution < -0.4 is 9.64 Å². The van der Waals surface area contributed by atoms with Crippen LogP contribution in [0.15, 0.2) is 127 Å². The van der Waals surface area contributed by atoms with Gasteiger partial charge in [-0.3, -0.25) is 24.0 Å². The lowest BCUT2D eigenvalue weighted by Crippen LogP contribution is -2.59. The lowest BCUT2D eigenvalue weighted by Gasteiger charge is -2.48. The second kappa shape index (κ2) is 23.0. The SMILES string of the molecule is CC(=O)OC[C@H]1OC(c2ccc(-c3ccc([C@@H]4[C@@H](SC[C@H](O[Si](C)(C)C(C)(C)C)c5ccc(F)cc5)C(=O)N4c4ccccc4)c(OCc4ccccc4)c3)cc2)[C@H](OC(C)=O)[C@@H](OC(C)=O)[C@@H]1OC(C)=O. The Morgan fingerprint density at radius 1 is 0.722 bits per heavy atom. The zero-order valence-electron chi connectivity index (χ0n) is 42.0. The molecule has 0 saturated carbocycles. The normalized spacial score (nSPS) is 21.4. The highest BCUT2D eigenvalue weighted by Gasteiger charge is 2.53. The summed E-state index contributed by atoms with van der Waals surface area (Å²) >= 11 is 1.52. The van der Waals surface area contributed by atoms with E-state index in [2.05, 4.69) is 33.9 Å². The van der Waals surface area contributed by atoms with E-state index in [0.717, 1.165) is 33.5 Å². The lowest BCUT2D eigenvalue weighted by molar-refractivity contribution is -0.254. The van der Waals surface area contributed by atoms with Crippen molar-refractivity contribution >= 4 is 55.6 Å². The number of hydrogen-bond acceptors (Lipinski definition) is 13. The summed E-state index contributed by atoms with van der Waals surface area (Å²) in [4.78, 5) is 65.6. The molecular weight excluding hydrogens is 958 g/mol. The number of nitrogens with zero attached hydrogens (tertiary/aromatic N) is 1. The van der Waals surface area contributed by atoms with Crippen molar-refractivity contribution in [3.05, 3.63) is 155 Å². The van der Waals surface area contributed by atoms with Crippen molar-refractivity contribution in [3.63, 3.8) is 0 Å². The van der Waals surface area contributed by atoms with Gasteiger partial charge in [0.05, 0.1) is 12.1 Å². The quantitative estimate of drug-likeness (QED) is 0.0354. The number of para-hydroxylation sites is 1. The maximum absolute atomic E-state index is 14.5. The predicted molar refractivity (Wildman–Crippen MR) is 274 cm³/mol. The molecule has 0 radical (unpaired) electrons. The Bertz CT molecular complexity index is 2700. The highest BCUT2D eigenvalue weighted by molar-refractivity contribution is 8.00. The molecule has 0 aromatic heterocycles. The van der Waals surface area contributed by atoms with Gasteiger partial charge >= 0.3 is 23.9 Å². The minimum atomic E-state index is -2.33. The molecule has 13 nitrogen and oxygen atoms in total. The number of β-lactam (4-membered cyclic amide) rings is 1. The molecule has 0 spiro atoms. The number of anilines is 1. The topological polar surface area (TPSA) is 153 Å². The van der Waals surface area contributed by atoms with E-state index in [1.165, 1.54) is 51.6 Å². The molecule has 16 heteroatoms. The summed E-state index contributed by atoms with van der Waals surface area (Å²) in [6.45, 7) is 15.6. The number of rotatable bonds is 18. The summed E-state index contributed by atoms with van der Waals surface area (Å²) in [6.07, 6.45) is -6.44. The second-order valence-electron chi connectivity index (χ2n) is 19.4. The van der Waals surface area contributed by atoms with Crippen LogP contribution in [0.25, 0.3) is 11.1 Å². The van der Waals surface area contributed by atoms with Crippen molar-refractivity contribution < 1.29 is 61.2 Å². The molecule has 8 atom stereocenters. The van der Waals surface area contributed by atoms with Gasteiger partial charge in [0.15, 0.2) is 26.6 Å². The minimum absolute atomic E-state index is 0.0581. The molecule has 7 rings (SSSR count). The van der Waals surface area contributed by atoms with Crippen LogP contribution in [0.5, 0.6) is 5.75 Å². The fourth-order valence-corrected chi connectivity index (χ4v) is 11.3. The fraction of sp³-hybridized carbons (Fsp3) is 0.375. The van der Waals surface area contributed by atoms with Gasteiger partial charge in [0.1, 0.15) is 42.2 Å². The van der Waals surface area contributed by atoms with Gasteiger partial charge < -0.3 is 37.7 Å². The van der Waals surface area contributed by atoms with E-state index in [0.29, 0.717) is 17.1 Å². The number of ether oxygens (including phenoxy) is 6. The van der Waals surface area contributed by atoms with Crippen molar-refractivity contribution in [2.75, 3.05) is 17.3 Å². The van der Waals surface area contributed by atoms with Crippen molar-refractivity contribution in [3.8, 4) is 16.9 Å². The van der Waals surface area contributed by atoms with Crippen molar-refractivity contribution in [2.24, 2.45) is 0 Å². The van der Waals surface area contributed by atoms with E-state index in [4.69, 9.17) is 32.8 Å².